The van der Waals surface area contributed by atoms with Gasteiger partial charge in [-0.2, -0.15) is 5.26 Å². The molecule has 4 nitrogen and oxygen atoms in total. The van der Waals surface area contributed by atoms with Crippen LogP contribution in [-0.4, -0.2) is 33.0 Å². The van der Waals surface area contributed by atoms with Crippen molar-refractivity contribution in [2.45, 2.75) is 6.61 Å². The molecule has 0 aromatic heterocycles. The summed E-state index contributed by atoms with van der Waals surface area (Å²) in [4.78, 5) is 0. The molecule has 0 saturated carbocycles. The summed E-state index contributed by atoms with van der Waals surface area (Å²) in [5.74, 6) is 0. The van der Waals surface area contributed by atoms with E-state index in [2.05, 4.69) is 0 Å². The van der Waals surface area contributed by atoms with Gasteiger partial charge >= 0.3 is 0 Å². The molecule has 0 radical (unpaired) electrons. The summed E-state index contributed by atoms with van der Waals surface area (Å²) in [6.07, 6.45) is 0. The van der Waals surface area contributed by atoms with E-state index in [4.69, 9.17) is 19.5 Å². The topological polar surface area (TPSA) is 51.5 Å². The van der Waals surface area contributed by atoms with Crippen LogP contribution in [0.15, 0.2) is 30.3 Å². The van der Waals surface area contributed by atoms with Crippen LogP contribution in [0.2, 0.25) is 0 Å². The first-order chi connectivity index (χ1) is 8.43. The Morgan fingerprint density at radius 1 is 0.882 bits per heavy atom. The molecule has 0 aliphatic heterocycles. The van der Waals surface area contributed by atoms with Gasteiger partial charge in [0.1, 0.15) is 6.61 Å². The molecule has 0 fully saturated rings. The van der Waals surface area contributed by atoms with Gasteiger partial charge in [0, 0.05) is 0 Å². The van der Waals surface area contributed by atoms with E-state index in [0.29, 0.717) is 33.0 Å². The second-order valence-electron chi connectivity index (χ2n) is 3.36. The van der Waals surface area contributed by atoms with Crippen molar-refractivity contribution in [3.63, 3.8) is 0 Å². The maximum Gasteiger partial charge on any atom is 0.133 e. The van der Waals surface area contributed by atoms with E-state index in [-0.39, 0.29) is 6.61 Å². The Morgan fingerprint density at radius 2 is 1.53 bits per heavy atom. The molecule has 1 aromatic rings. The maximum atomic E-state index is 8.21. The predicted molar refractivity (Wildman–Crippen MR) is 63.3 cm³/mol. The van der Waals surface area contributed by atoms with Gasteiger partial charge in [-0.05, 0) is 5.56 Å². The molecule has 4 heteroatoms. The van der Waals surface area contributed by atoms with Crippen molar-refractivity contribution in [1.29, 1.82) is 5.26 Å². The smallest absolute Gasteiger partial charge is 0.133 e. The van der Waals surface area contributed by atoms with Crippen LogP contribution in [-0.2, 0) is 20.8 Å². The van der Waals surface area contributed by atoms with Gasteiger partial charge < -0.3 is 14.2 Å². The summed E-state index contributed by atoms with van der Waals surface area (Å²) in [5.41, 5.74) is 1.16. The Morgan fingerprint density at radius 3 is 2.24 bits per heavy atom. The van der Waals surface area contributed by atoms with Crippen molar-refractivity contribution in [1.82, 2.24) is 0 Å². The van der Waals surface area contributed by atoms with Gasteiger partial charge in [0.2, 0.25) is 0 Å². The van der Waals surface area contributed by atoms with Gasteiger partial charge in [-0.25, -0.2) is 0 Å². The lowest BCUT2D eigenvalue weighted by Crippen LogP contribution is -2.09. The monoisotopic (exact) mass is 235 g/mol. The Balaban J connectivity index is 1.87. The molecule has 0 amide bonds. The van der Waals surface area contributed by atoms with Crippen LogP contribution in [0, 0.1) is 11.3 Å². The fourth-order valence-corrected chi connectivity index (χ4v) is 1.22. The van der Waals surface area contributed by atoms with E-state index in [1.165, 1.54) is 0 Å². The molecule has 0 N–H and O–H groups in total. The first-order valence-electron chi connectivity index (χ1n) is 5.57. The predicted octanol–water partition coefficient (Wildman–Crippen LogP) is 1.76. The minimum atomic E-state index is 0.119. The van der Waals surface area contributed by atoms with Crippen LogP contribution in [0.4, 0.5) is 0 Å². The molecule has 0 unspecified atom stereocenters. The largest absolute Gasteiger partial charge is 0.377 e. The lowest BCUT2D eigenvalue weighted by atomic mass is 10.2. The number of hydrogen-bond acceptors (Lipinski definition) is 4. The molecule has 1 aromatic carbocycles. The van der Waals surface area contributed by atoms with Crippen molar-refractivity contribution in [3.8, 4) is 6.07 Å². The van der Waals surface area contributed by atoms with E-state index in [1.54, 1.807) is 0 Å². The highest BCUT2D eigenvalue weighted by Crippen LogP contribution is 1.99. The first kappa shape index (κ1) is 13.7. The number of rotatable bonds is 9. The molecule has 0 aliphatic rings. The fraction of sp³-hybridized carbons (Fsp3) is 0.462. The summed E-state index contributed by atoms with van der Waals surface area (Å²) in [7, 11) is 0. The minimum absolute atomic E-state index is 0.119. The van der Waals surface area contributed by atoms with E-state index in [9.17, 15) is 0 Å². The Bertz CT molecular complexity index is 321. The van der Waals surface area contributed by atoms with Gasteiger partial charge in [-0.15, -0.1) is 0 Å². The number of nitriles is 1. The Kier molecular flexibility index (Phi) is 7.86. The highest BCUT2D eigenvalue weighted by atomic mass is 16.5. The second-order valence-corrected chi connectivity index (χ2v) is 3.36. The average Bonchev–Trinajstić information content (AvgIpc) is 2.38. The molecule has 0 aliphatic carbocycles. The van der Waals surface area contributed by atoms with Crippen LogP contribution < -0.4 is 0 Å². The normalized spacial score (nSPS) is 10.1. The molecular weight excluding hydrogens is 218 g/mol. The Labute approximate surface area is 102 Å². The summed E-state index contributed by atoms with van der Waals surface area (Å²) in [5, 5.41) is 8.21. The zero-order chi connectivity index (χ0) is 12.2. The van der Waals surface area contributed by atoms with E-state index < -0.39 is 0 Å². The van der Waals surface area contributed by atoms with Crippen LogP contribution in [0.5, 0.6) is 0 Å². The zero-order valence-corrected chi connectivity index (χ0v) is 9.80. The van der Waals surface area contributed by atoms with Crippen LogP contribution in [0.3, 0.4) is 0 Å². The fourth-order valence-electron chi connectivity index (χ4n) is 1.22. The number of benzene rings is 1. The van der Waals surface area contributed by atoms with Crippen molar-refractivity contribution in [2.75, 3.05) is 33.0 Å². The standard InChI is InChI=1S/C13H17NO3/c14-6-7-15-8-9-16-10-11-17-12-13-4-2-1-3-5-13/h1-5H,7-12H2. The molecule has 92 valence electrons. The van der Waals surface area contributed by atoms with E-state index in [0.717, 1.165) is 5.56 Å². The van der Waals surface area contributed by atoms with Crippen molar-refractivity contribution < 1.29 is 14.2 Å². The average molecular weight is 235 g/mol. The molecule has 1 rings (SSSR count). The maximum absolute atomic E-state index is 8.21. The molecule has 0 atom stereocenters. The molecular formula is C13H17NO3. The lowest BCUT2D eigenvalue weighted by molar-refractivity contribution is 0.0157. The third-order valence-corrected chi connectivity index (χ3v) is 2.02. The highest BCUT2D eigenvalue weighted by molar-refractivity contribution is 5.13. The molecule has 0 bridgehead atoms. The molecule has 17 heavy (non-hydrogen) atoms. The van der Waals surface area contributed by atoms with Crippen LogP contribution in [0.25, 0.3) is 0 Å². The summed E-state index contributed by atoms with van der Waals surface area (Å²) in [6.45, 7) is 2.78. The van der Waals surface area contributed by atoms with Crippen molar-refractivity contribution in [3.05, 3.63) is 35.9 Å². The second kappa shape index (κ2) is 9.79. The summed E-state index contributed by atoms with van der Waals surface area (Å²) >= 11 is 0. The quantitative estimate of drug-likeness (QED) is 0.612. The number of ether oxygens (including phenoxy) is 3. The molecule has 0 heterocycles. The van der Waals surface area contributed by atoms with Gasteiger partial charge in [0.15, 0.2) is 0 Å². The SMILES string of the molecule is N#CCOCCOCCOCc1ccccc1. The minimum Gasteiger partial charge on any atom is -0.377 e. The van der Waals surface area contributed by atoms with Gasteiger partial charge in [-0.1, -0.05) is 30.3 Å². The van der Waals surface area contributed by atoms with Crippen LogP contribution >= 0.6 is 0 Å². The van der Waals surface area contributed by atoms with Crippen LogP contribution in [0.1, 0.15) is 5.56 Å². The van der Waals surface area contributed by atoms with E-state index >= 15 is 0 Å². The van der Waals surface area contributed by atoms with Gasteiger partial charge in [0.05, 0.1) is 39.1 Å². The van der Waals surface area contributed by atoms with Crippen molar-refractivity contribution >= 4 is 0 Å². The number of nitrogens with zero attached hydrogens (tertiary/aromatic N) is 1. The summed E-state index contributed by atoms with van der Waals surface area (Å²) in [6, 6.07) is 11.9. The zero-order valence-electron chi connectivity index (χ0n) is 9.80. The third kappa shape index (κ3) is 7.47. The Hall–Kier alpha value is -1.41. The van der Waals surface area contributed by atoms with Gasteiger partial charge in [-0.3, -0.25) is 0 Å². The molecule has 0 spiro atoms. The molecule has 0 saturated heterocycles. The third-order valence-electron chi connectivity index (χ3n) is 2.02. The lowest BCUT2D eigenvalue weighted by Gasteiger charge is -2.05. The van der Waals surface area contributed by atoms with E-state index in [1.807, 2.05) is 36.4 Å². The first-order valence-corrected chi connectivity index (χ1v) is 5.57. The highest BCUT2D eigenvalue weighted by Gasteiger charge is 1.92. The van der Waals surface area contributed by atoms with Crippen molar-refractivity contribution in [2.24, 2.45) is 0 Å². The van der Waals surface area contributed by atoms with Gasteiger partial charge in [0.25, 0.3) is 0 Å². The number of hydrogen-bond donors (Lipinski definition) is 0. The summed E-state index contributed by atoms with van der Waals surface area (Å²) < 4.78 is 15.6.